The largest absolute Gasteiger partial charge is 0.481 e. The summed E-state index contributed by atoms with van der Waals surface area (Å²) in [5, 5.41) is 11.8. The highest BCUT2D eigenvalue weighted by atomic mass is 32.2. The highest BCUT2D eigenvalue weighted by Gasteiger charge is 2.51. The molecule has 0 spiro atoms. The number of carbonyl (C=O) groups excluding carboxylic acids is 1. The predicted octanol–water partition coefficient (Wildman–Crippen LogP) is 0.0666. The molecule has 2 rings (SSSR count). The average molecular weight is 304 g/mol. The third-order valence-electron chi connectivity index (χ3n) is 4.01. The Balaban J connectivity index is 1.99. The van der Waals surface area contributed by atoms with Crippen LogP contribution in [0.3, 0.4) is 0 Å². The number of nitrogens with zero attached hydrogens (tertiary/aromatic N) is 1. The standard InChI is InChI=1S/C12H20N2O5S/c1-7(6-20(2,18)19)13-12(17)14-8-3-4-10(14)9(5-8)11(15)16/h7-10H,3-6H2,1-2H3,(H,13,17)(H,15,16). The summed E-state index contributed by atoms with van der Waals surface area (Å²) < 4.78 is 22.4. The van der Waals surface area contributed by atoms with Crippen molar-refractivity contribution < 1.29 is 23.1 Å². The summed E-state index contributed by atoms with van der Waals surface area (Å²) in [7, 11) is -3.16. The van der Waals surface area contributed by atoms with Gasteiger partial charge in [0.25, 0.3) is 0 Å². The zero-order valence-electron chi connectivity index (χ0n) is 11.6. The first-order valence-corrected chi connectivity index (χ1v) is 8.74. The van der Waals surface area contributed by atoms with Gasteiger partial charge in [-0.05, 0) is 26.2 Å². The van der Waals surface area contributed by atoms with E-state index in [0.29, 0.717) is 12.8 Å². The van der Waals surface area contributed by atoms with E-state index in [9.17, 15) is 18.0 Å². The molecule has 7 nitrogen and oxygen atoms in total. The number of rotatable bonds is 4. The number of sulfone groups is 1. The molecule has 2 N–H and O–H groups in total. The fourth-order valence-electron chi connectivity index (χ4n) is 3.35. The molecule has 2 fully saturated rings. The Labute approximate surface area is 118 Å². The molecular formula is C12H20N2O5S. The Kier molecular flexibility index (Phi) is 3.95. The number of carboxylic acid groups (broad SMARTS) is 1. The quantitative estimate of drug-likeness (QED) is 0.764. The molecule has 2 heterocycles. The summed E-state index contributed by atoms with van der Waals surface area (Å²) in [6, 6.07) is -1.13. The van der Waals surface area contributed by atoms with Gasteiger partial charge in [-0.25, -0.2) is 13.2 Å². The number of hydrogen-bond acceptors (Lipinski definition) is 4. The Morgan fingerprint density at radius 1 is 1.40 bits per heavy atom. The third-order valence-corrected chi connectivity index (χ3v) is 5.12. The van der Waals surface area contributed by atoms with E-state index in [1.54, 1.807) is 11.8 Å². The third kappa shape index (κ3) is 3.05. The zero-order chi connectivity index (χ0) is 15.1. The number of hydrogen-bond donors (Lipinski definition) is 2. The molecule has 4 atom stereocenters. The topological polar surface area (TPSA) is 104 Å². The smallest absolute Gasteiger partial charge is 0.318 e. The maximum atomic E-state index is 12.2. The van der Waals surface area contributed by atoms with Gasteiger partial charge in [-0.15, -0.1) is 0 Å². The molecule has 2 amide bonds. The van der Waals surface area contributed by atoms with Crippen LogP contribution in [0.4, 0.5) is 4.79 Å². The normalized spacial score (nSPS) is 30.3. The Morgan fingerprint density at radius 2 is 2.05 bits per heavy atom. The fourth-order valence-corrected chi connectivity index (χ4v) is 4.34. The molecule has 0 aromatic heterocycles. The van der Waals surface area contributed by atoms with E-state index in [2.05, 4.69) is 5.32 Å². The minimum absolute atomic E-state index is 0.0356. The van der Waals surface area contributed by atoms with E-state index in [1.165, 1.54) is 0 Å². The van der Waals surface area contributed by atoms with Crippen molar-refractivity contribution >= 4 is 21.8 Å². The minimum atomic E-state index is -3.16. The number of carbonyl (C=O) groups is 2. The monoisotopic (exact) mass is 304 g/mol. The van der Waals surface area contributed by atoms with Crippen LogP contribution in [-0.4, -0.2) is 60.6 Å². The molecule has 0 aromatic rings. The number of aliphatic carboxylic acids is 1. The molecule has 2 aliphatic rings. The van der Waals surface area contributed by atoms with E-state index in [1.807, 2.05) is 0 Å². The molecule has 0 saturated carbocycles. The molecule has 20 heavy (non-hydrogen) atoms. The molecule has 0 aliphatic carbocycles. The van der Waals surface area contributed by atoms with Crippen LogP contribution in [0.15, 0.2) is 0 Å². The summed E-state index contributed by atoms with van der Waals surface area (Å²) in [6.45, 7) is 1.63. The zero-order valence-corrected chi connectivity index (χ0v) is 12.4. The summed E-state index contributed by atoms with van der Waals surface area (Å²) in [4.78, 5) is 24.9. The van der Waals surface area contributed by atoms with Crippen molar-refractivity contribution in [2.75, 3.05) is 12.0 Å². The first-order chi connectivity index (χ1) is 9.19. The lowest BCUT2D eigenvalue weighted by atomic mass is 9.89. The van der Waals surface area contributed by atoms with Gasteiger partial charge < -0.3 is 15.3 Å². The average Bonchev–Trinajstić information content (AvgIpc) is 2.82. The molecule has 0 radical (unpaired) electrons. The molecule has 2 aliphatic heterocycles. The fraction of sp³-hybridized carbons (Fsp3) is 0.833. The Morgan fingerprint density at radius 3 is 2.55 bits per heavy atom. The van der Waals surface area contributed by atoms with Crippen molar-refractivity contribution in [3.63, 3.8) is 0 Å². The van der Waals surface area contributed by atoms with Crippen molar-refractivity contribution in [2.45, 2.75) is 44.3 Å². The summed E-state index contributed by atoms with van der Waals surface area (Å²) in [5.74, 6) is -1.48. The molecule has 8 heteroatoms. The number of fused-ring (bicyclic) bond motifs is 2. The Hall–Kier alpha value is -1.31. The summed E-state index contributed by atoms with van der Waals surface area (Å²) in [5.41, 5.74) is 0. The molecule has 0 aromatic carbocycles. The van der Waals surface area contributed by atoms with Crippen molar-refractivity contribution in [1.29, 1.82) is 0 Å². The van der Waals surface area contributed by atoms with Crippen LogP contribution >= 0.6 is 0 Å². The first kappa shape index (κ1) is 15.1. The highest BCUT2D eigenvalue weighted by Crippen LogP contribution is 2.41. The number of amides is 2. The van der Waals surface area contributed by atoms with Crippen LogP contribution in [0.5, 0.6) is 0 Å². The molecular weight excluding hydrogens is 284 g/mol. The van der Waals surface area contributed by atoms with Crippen molar-refractivity contribution in [3.05, 3.63) is 0 Å². The molecule has 2 saturated heterocycles. The number of nitrogens with one attached hydrogen (secondary N) is 1. The summed E-state index contributed by atoms with van der Waals surface area (Å²) in [6.07, 6.45) is 3.14. The van der Waals surface area contributed by atoms with Crippen LogP contribution in [0, 0.1) is 5.92 Å². The van der Waals surface area contributed by atoms with Gasteiger partial charge in [-0.1, -0.05) is 0 Å². The van der Waals surface area contributed by atoms with Crippen LogP contribution in [0.2, 0.25) is 0 Å². The van der Waals surface area contributed by atoms with Gasteiger partial charge in [0.05, 0.1) is 11.7 Å². The van der Waals surface area contributed by atoms with Gasteiger partial charge in [0.2, 0.25) is 0 Å². The number of carboxylic acids is 1. The number of urea groups is 1. The van der Waals surface area contributed by atoms with E-state index >= 15 is 0 Å². The van der Waals surface area contributed by atoms with E-state index < -0.39 is 27.8 Å². The molecule has 114 valence electrons. The van der Waals surface area contributed by atoms with Gasteiger partial charge in [0.1, 0.15) is 9.84 Å². The second kappa shape index (κ2) is 5.23. The van der Waals surface area contributed by atoms with Crippen LogP contribution in [-0.2, 0) is 14.6 Å². The second-order valence-electron chi connectivity index (χ2n) is 5.83. The van der Waals surface area contributed by atoms with Gasteiger partial charge in [0, 0.05) is 24.4 Å². The van der Waals surface area contributed by atoms with Gasteiger partial charge >= 0.3 is 12.0 Å². The SMILES string of the molecule is CC(CS(C)(=O)=O)NC(=O)N1C2CCC1C(C(=O)O)C2. The van der Waals surface area contributed by atoms with Crippen LogP contribution < -0.4 is 5.32 Å². The van der Waals surface area contributed by atoms with Crippen LogP contribution in [0.25, 0.3) is 0 Å². The van der Waals surface area contributed by atoms with Crippen molar-refractivity contribution in [2.24, 2.45) is 5.92 Å². The van der Waals surface area contributed by atoms with Gasteiger partial charge in [-0.2, -0.15) is 0 Å². The van der Waals surface area contributed by atoms with Gasteiger partial charge in [0.15, 0.2) is 0 Å². The van der Waals surface area contributed by atoms with Crippen LogP contribution in [0.1, 0.15) is 26.2 Å². The lowest BCUT2D eigenvalue weighted by Gasteiger charge is -2.25. The van der Waals surface area contributed by atoms with Crippen molar-refractivity contribution in [3.8, 4) is 0 Å². The molecule has 2 bridgehead atoms. The van der Waals surface area contributed by atoms with E-state index in [0.717, 1.165) is 12.7 Å². The predicted molar refractivity (Wildman–Crippen MR) is 72.1 cm³/mol. The van der Waals surface area contributed by atoms with E-state index in [-0.39, 0.29) is 23.9 Å². The lowest BCUT2D eigenvalue weighted by Crippen LogP contribution is -2.48. The summed E-state index contributed by atoms with van der Waals surface area (Å²) >= 11 is 0. The maximum Gasteiger partial charge on any atom is 0.318 e. The first-order valence-electron chi connectivity index (χ1n) is 6.68. The molecule has 4 unspecified atom stereocenters. The lowest BCUT2D eigenvalue weighted by molar-refractivity contribution is -0.142. The van der Waals surface area contributed by atoms with Crippen molar-refractivity contribution in [1.82, 2.24) is 10.2 Å². The Bertz CT molecular complexity index is 518. The van der Waals surface area contributed by atoms with E-state index in [4.69, 9.17) is 5.11 Å². The van der Waals surface area contributed by atoms with Gasteiger partial charge in [-0.3, -0.25) is 4.79 Å². The minimum Gasteiger partial charge on any atom is -0.481 e. The maximum absolute atomic E-state index is 12.2. The second-order valence-corrected chi connectivity index (χ2v) is 8.01. The highest BCUT2D eigenvalue weighted by molar-refractivity contribution is 7.90.